The quantitative estimate of drug-likeness (QED) is 0.434. The van der Waals surface area contributed by atoms with Crippen LogP contribution in [0.5, 0.6) is 11.5 Å². The number of benzene rings is 3. The number of aryl methyl sites for hydroxylation is 2. The number of amides is 1. The molecule has 0 heterocycles. The fraction of sp³-hybridized carbons (Fsp3) is 0.296. The number of rotatable bonds is 9. The normalized spacial score (nSPS) is 11.1. The van der Waals surface area contributed by atoms with Gasteiger partial charge in [0.15, 0.2) is 11.5 Å². The number of hydrogen-bond acceptors (Lipinski definition) is 5. The van der Waals surface area contributed by atoms with Crippen LogP contribution in [0.4, 0.5) is 5.69 Å². The standard InChI is InChI=1S/C27H32N2O5S/c1-19-7-13-24(15-20(19)2)29(35(6,31)32)18-21-8-11-23(12-9-21)27(30)28(3)17-22-10-14-25(33-4)26(16-22)34-5/h7-16H,17-18H2,1-6H3. The number of sulfonamides is 1. The SMILES string of the molecule is COc1ccc(CN(C)C(=O)c2ccc(CN(c3ccc(C)c(C)c3)S(C)(=O)=O)cc2)cc1OC. The fourth-order valence-corrected chi connectivity index (χ4v) is 4.62. The first-order valence-electron chi connectivity index (χ1n) is 11.1. The number of anilines is 1. The van der Waals surface area contributed by atoms with E-state index in [4.69, 9.17) is 9.47 Å². The van der Waals surface area contributed by atoms with Crippen LogP contribution in [0.25, 0.3) is 0 Å². The summed E-state index contributed by atoms with van der Waals surface area (Å²) in [5.41, 5.74) is 4.95. The van der Waals surface area contributed by atoms with Gasteiger partial charge < -0.3 is 14.4 Å². The van der Waals surface area contributed by atoms with Crippen molar-refractivity contribution in [2.24, 2.45) is 0 Å². The number of nitrogens with zero attached hydrogens (tertiary/aromatic N) is 2. The summed E-state index contributed by atoms with van der Waals surface area (Å²) in [6.07, 6.45) is 1.20. The van der Waals surface area contributed by atoms with Crippen LogP contribution in [0.3, 0.4) is 0 Å². The molecule has 0 unspecified atom stereocenters. The van der Waals surface area contributed by atoms with Crippen molar-refractivity contribution >= 4 is 21.6 Å². The summed E-state index contributed by atoms with van der Waals surface area (Å²) in [6.45, 7) is 4.52. The monoisotopic (exact) mass is 496 g/mol. The topological polar surface area (TPSA) is 76.2 Å². The van der Waals surface area contributed by atoms with E-state index in [0.717, 1.165) is 22.3 Å². The van der Waals surface area contributed by atoms with Crippen LogP contribution < -0.4 is 13.8 Å². The average Bonchev–Trinajstić information content (AvgIpc) is 2.83. The van der Waals surface area contributed by atoms with Crippen molar-refractivity contribution in [3.63, 3.8) is 0 Å². The molecule has 1 amide bonds. The first kappa shape index (κ1) is 26.1. The van der Waals surface area contributed by atoms with E-state index >= 15 is 0 Å². The van der Waals surface area contributed by atoms with Crippen LogP contribution in [-0.4, -0.2) is 46.7 Å². The zero-order valence-corrected chi connectivity index (χ0v) is 21.8. The van der Waals surface area contributed by atoms with E-state index in [9.17, 15) is 13.2 Å². The Morgan fingerprint density at radius 3 is 2.00 bits per heavy atom. The zero-order chi connectivity index (χ0) is 25.8. The number of hydrogen-bond donors (Lipinski definition) is 0. The molecule has 0 radical (unpaired) electrons. The molecule has 0 spiro atoms. The second-order valence-corrected chi connectivity index (χ2v) is 10.5. The lowest BCUT2D eigenvalue weighted by molar-refractivity contribution is 0.0785. The van der Waals surface area contributed by atoms with Gasteiger partial charge >= 0.3 is 0 Å². The van der Waals surface area contributed by atoms with E-state index in [1.165, 1.54) is 10.6 Å². The van der Waals surface area contributed by atoms with E-state index < -0.39 is 10.0 Å². The molecule has 0 aliphatic carbocycles. The Hall–Kier alpha value is -3.52. The molecule has 8 heteroatoms. The third kappa shape index (κ3) is 6.33. The molecular weight excluding hydrogens is 464 g/mol. The van der Waals surface area contributed by atoms with Crippen molar-refractivity contribution in [1.29, 1.82) is 0 Å². The molecule has 3 aromatic rings. The summed E-state index contributed by atoms with van der Waals surface area (Å²) in [7, 11) is 1.39. The minimum Gasteiger partial charge on any atom is -0.493 e. The van der Waals surface area contributed by atoms with Crippen molar-refractivity contribution in [2.75, 3.05) is 31.8 Å². The van der Waals surface area contributed by atoms with E-state index in [1.54, 1.807) is 50.4 Å². The van der Waals surface area contributed by atoms with Gasteiger partial charge in [-0.2, -0.15) is 0 Å². The van der Waals surface area contributed by atoms with Crippen molar-refractivity contribution in [1.82, 2.24) is 4.90 Å². The average molecular weight is 497 g/mol. The molecule has 186 valence electrons. The summed E-state index contributed by atoms with van der Waals surface area (Å²) in [6, 6.07) is 18.2. The Kier molecular flexibility index (Phi) is 8.07. The maximum absolute atomic E-state index is 13.0. The van der Waals surface area contributed by atoms with Gasteiger partial charge in [-0.05, 0) is 72.5 Å². The lowest BCUT2D eigenvalue weighted by Gasteiger charge is -2.23. The summed E-state index contributed by atoms with van der Waals surface area (Å²) in [5.74, 6) is 1.10. The molecule has 7 nitrogen and oxygen atoms in total. The van der Waals surface area contributed by atoms with E-state index in [2.05, 4.69) is 0 Å². The highest BCUT2D eigenvalue weighted by Crippen LogP contribution is 2.28. The summed E-state index contributed by atoms with van der Waals surface area (Å²) < 4.78 is 37.0. The molecule has 0 N–H and O–H groups in total. The molecule has 0 aliphatic heterocycles. The maximum Gasteiger partial charge on any atom is 0.253 e. The molecule has 0 atom stereocenters. The van der Waals surface area contributed by atoms with Crippen molar-refractivity contribution in [3.8, 4) is 11.5 Å². The van der Waals surface area contributed by atoms with Gasteiger partial charge in [-0.15, -0.1) is 0 Å². The van der Waals surface area contributed by atoms with Gasteiger partial charge in [0.1, 0.15) is 0 Å². The molecule has 3 aromatic carbocycles. The Balaban J connectivity index is 1.74. The molecule has 0 saturated heterocycles. The number of ether oxygens (including phenoxy) is 2. The Morgan fingerprint density at radius 2 is 1.43 bits per heavy atom. The van der Waals surface area contributed by atoms with E-state index in [0.29, 0.717) is 29.3 Å². The molecule has 0 fully saturated rings. The van der Waals surface area contributed by atoms with E-state index in [-0.39, 0.29) is 12.5 Å². The molecule has 3 rings (SSSR count). The minimum atomic E-state index is -3.49. The largest absolute Gasteiger partial charge is 0.493 e. The van der Waals surface area contributed by atoms with Gasteiger partial charge in [-0.1, -0.05) is 24.3 Å². The van der Waals surface area contributed by atoms with Crippen molar-refractivity contribution in [3.05, 3.63) is 88.5 Å². The Morgan fingerprint density at radius 1 is 0.800 bits per heavy atom. The van der Waals surface area contributed by atoms with Crippen LogP contribution in [0.2, 0.25) is 0 Å². The number of carbonyl (C=O) groups is 1. The number of carbonyl (C=O) groups excluding carboxylic acids is 1. The van der Waals surface area contributed by atoms with Crippen LogP contribution in [0, 0.1) is 13.8 Å². The second kappa shape index (κ2) is 10.8. The van der Waals surface area contributed by atoms with Gasteiger partial charge in [0.25, 0.3) is 5.91 Å². The van der Waals surface area contributed by atoms with Crippen molar-refractivity contribution in [2.45, 2.75) is 26.9 Å². The first-order valence-corrected chi connectivity index (χ1v) is 13.0. The van der Waals surface area contributed by atoms with Crippen LogP contribution >= 0.6 is 0 Å². The zero-order valence-electron chi connectivity index (χ0n) is 21.0. The van der Waals surface area contributed by atoms with Crippen LogP contribution in [0.1, 0.15) is 32.6 Å². The first-order chi connectivity index (χ1) is 16.5. The maximum atomic E-state index is 13.0. The highest BCUT2D eigenvalue weighted by Gasteiger charge is 2.19. The smallest absolute Gasteiger partial charge is 0.253 e. The minimum absolute atomic E-state index is 0.138. The third-order valence-electron chi connectivity index (χ3n) is 5.92. The molecule has 0 bridgehead atoms. The van der Waals surface area contributed by atoms with E-state index in [1.807, 2.05) is 50.2 Å². The van der Waals surface area contributed by atoms with Gasteiger partial charge in [-0.25, -0.2) is 8.42 Å². The molecule has 0 aliphatic rings. The van der Waals surface area contributed by atoms with Crippen molar-refractivity contribution < 1.29 is 22.7 Å². The highest BCUT2D eigenvalue weighted by molar-refractivity contribution is 7.92. The Labute approximate surface area is 207 Å². The van der Waals surface area contributed by atoms with Gasteiger partial charge in [-0.3, -0.25) is 9.10 Å². The highest BCUT2D eigenvalue weighted by atomic mass is 32.2. The fourth-order valence-electron chi connectivity index (χ4n) is 3.74. The Bertz CT molecular complexity index is 1300. The molecule has 35 heavy (non-hydrogen) atoms. The predicted octanol–water partition coefficient (Wildman–Crippen LogP) is 4.56. The number of methoxy groups -OCH3 is 2. The second-order valence-electron chi connectivity index (χ2n) is 8.59. The van der Waals surface area contributed by atoms with Gasteiger partial charge in [0.2, 0.25) is 10.0 Å². The van der Waals surface area contributed by atoms with Gasteiger partial charge in [0, 0.05) is 19.2 Å². The lowest BCUT2D eigenvalue weighted by Crippen LogP contribution is -2.29. The lowest BCUT2D eigenvalue weighted by atomic mass is 10.1. The van der Waals surface area contributed by atoms with Crippen LogP contribution in [0.15, 0.2) is 60.7 Å². The summed E-state index contributed by atoms with van der Waals surface area (Å²) in [4.78, 5) is 14.6. The predicted molar refractivity (Wildman–Crippen MR) is 139 cm³/mol. The molecule has 0 saturated carbocycles. The summed E-state index contributed by atoms with van der Waals surface area (Å²) >= 11 is 0. The van der Waals surface area contributed by atoms with Crippen LogP contribution in [-0.2, 0) is 23.1 Å². The molecular formula is C27H32N2O5S. The third-order valence-corrected chi connectivity index (χ3v) is 7.06. The summed E-state index contributed by atoms with van der Waals surface area (Å²) in [5, 5.41) is 0. The van der Waals surface area contributed by atoms with Gasteiger partial charge in [0.05, 0.1) is 32.7 Å². The molecule has 0 aromatic heterocycles.